The van der Waals surface area contributed by atoms with Crippen molar-refractivity contribution in [2.45, 2.75) is 45.3 Å². The summed E-state index contributed by atoms with van der Waals surface area (Å²) in [5.74, 6) is 3.10. The maximum atomic E-state index is 9.70. The number of hydrogen-bond acceptors (Lipinski definition) is 3. The lowest BCUT2D eigenvalue weighted by atomic mass is 9.82. The molecule has 3 heteroatoms. The fourth-order valence-electron chi connectivity index (χ4n) is 3.41. The molecule has 1 aliphatic heterocycles. The standard InChI is InChI=1S/C16H22O3/c1-10-5-11(2)7-13(6-10)19-12-3-4-14-15(17)9-18-16(14)8-12/h3-4,8,10-11,13,15,17H,5-7,9H2,1-2H3. The van der Waals surface area contributed by atoms with Gasteiger partial charge in [-0.2, -0.15) is 0 Å². The van der Waals surface area contributed by atoms with Gasteiger partial charge in [-0.15, -0.1) is 0 Å². The van der Waals surface area contributed by atoms with Crippen LogP contribution in [0.1, 0.15) is 44.8 Å². The van der Waals surface area contributed by atoms with Gasteiger partial charge >= 0.3 is 0 Å². The molecule has 0 radical (unpaired) electrons. The molecule has 0 amide bonds. The van der Waals surface area contributed by atoms with Crippen LogP contribution in [0.4, 0.5) is 0 Å². The van der Waals surface area contributed by atoms with Crippen molar-refractivity contribution >= 4 is 0 Å². The number of rotatable bonds is 2. The van der Waals surface area contributed by atoms with E-state index in [9.17, 15) is 5.11 Å². The highest BCUT2D eigenvalue weighted by molar-refractivity contribution is 5.44. The first-order valence-electron chi connectivity index (χ1n) is 7.23. The Morgan fingerprint density at radius 2 is 1.89 bits per heavy atom. The predicted octanol–water partition coefficient (Wildman–Crippen LogP) is 3.32. The minimum atomic E-state index is -0.487. The fourth-order valence-corrected chi connectivity index (χ4v) is 3.41. The van der Waals surface area contributed by atoms with E-state index in [1.807, 2.05) is 18.2 Å². The van der Waals surface area contributed by atoms with Gasteiger partial charge in [0.05, 0.1) is 6.10 Å². The Kier molecular flexibility index (Phi) is 3.40. The average Bonchev–Trinajstić information content (AvgIpc) is 2.69. The molecule has 3 nitrogen and oxygen atoms in total. The van der Waals surface area contributed by atoms with Gasteiger partial charge in [-0.05, 0) is 43.2 Å². The van der Waals surface area contributed by atoms with E-state index in [0.717, 1.165) is 41.7 Å². The largest absolute Gasteiger partial charge is 0.490 e. The summed E-state index contributed by atoms with van der Waals surface area (Å²) in [4.78, 5) is 0. The smallest absolute Gasteiger partial charge is 0.129 e. The molecular formula is C16H22O3. The summed E-state index contributed by atoms with van der Waals surface area (Å²) in [6.07, 6.45) is 3.39. The summed E-state index contributed by atoms with van der Waals surface area (Å²) in [7, 11) is 0. The number of hydrogen-bond donors (Lipinski definition) is 1. The maximum absolute atomic E-state index is 9.70. The summed E-state index contributed by atoms with van der Waals surface area (Å²) < 4.78 is 11.5. The van der Waals surface area contributed by atoms with E-state index in [-0.39, 0.29) is 0 Å². The third kappa shape index (κ3) is 2.71. The van der Waals surface area contributed by atoms with Crippen molar-refractivity contribution in [3.8, 4) is 11.5 Å². The van der Waals surface area contributed by atoms with Crippen LogP contribution < -0.4 is 9.47 Å². The number of ether oxygens (including phenoxy) is 2. The lowest BCUT2D eigenvalue weighted by molar-refractivity contribution is 0.101. The highest BCUT2D eigenvalue weighted by Crippen LogP contribution is 2.37. The van der Waals surface area contributed by atoms with Crippen LogP contribution in [0.5, 0.6) is 11.5 Å². The summed E-state index contributed by atoms with van der Waals surface area (Å²) in [6.45, 7) is 4.96. The topological polar surface area (TPSA) is 38.7 Å². The third-order valence-corrected chi connectivity index (χ3v) is 4.18. The second kappa shape index (κ2) is 5.04. The van der Waals surface area contributed by atoms with Gasteiger partial charge in [0, 0.05) is 11.6 Å². The van der Waals surface area contributed by atoms with Crippen LogP contribution in [0.3, 0.4) is 0 Å². The molecule has 0 aromatic heterocycles. The van der Waals surface area contributed by atoms with Crippen LogP contribution >= 0.6 is 0 Å². The molecule has 0 saturated heterocycles. The number of aliphatic hydroxyl groups is 1. The summed E-state index contributed by atoms with van der Waals surface area (Å²) in [5.41, 5.74) is 0.873. The zero-order valence-corrected chi connectivity index (χ0v) is 11.6. The Morgan fingerprint density at radius 3 is 2.63 bits per heavy atom. The number of fused-ring (bicyclic) bond motifs is 1. The van der Waals surface area contributed by atoms with Gasteiger partial charge < -0.3 is 14.6 Å². The van der Waals surface area contributed by atoms with Crippen LogP contribution in [0, 0.1) is 11.8 Å². The number of aliphatic hydroxyl groups excluding tert-OH is 1. The molecule has 104 valence electrons. The van der Waals surface area contributed by atoms with Crippen molar-refractivity contribution in [1.29, 1.82) is 0 Å². The van der Waals surface area contributed by atoms with E-state index < -0.39 is 6.10 Å². The molecule has 19 heavy (non-hydrogen) atoms. The second-order valence-corrected chi connectivity index (χ2v) is 6.18. The molecule has 1 aromatic rings. The van der Waals surface area contributed by atoms with Gasteiger partial charge in [-0.3, -0.25) is 0 Å². The quantitative estimate of drug-likeness (QED) is 0.888. The van der Waals surface area contributed by atoms with Crippen molar-refractivity contribution in [3.63, 3.8) is 0 Å². The minimum Gasteiger partial charge on any atom is -0.490 e. The predicted molar refractivity (Wildman–Crippen MR) is 73.5 cm³/mol. The molecule has 1 saturated carbocycles. The maximum Gasteiger partial charge on any atom is 0.129 e. The zero-order valence-electron chi connectivity index (χ0n) is 11.6. The lowest BCUT2D eigenvalue weighted by Crippen LogP contribution is -2.28. The van der Waals surface area contributed by atoms with Gasteiger partial charge in [0.2, 0.25) is 0 Å². The van der Waals surface area contributed by atoms with Crippen molar-refractivity contribution in [3.05, 3.63) is 23.8 Å². The molecule has 1 fully saturated rings. The average molecular weight is 262 g/mol. The Hall–Kier alpha value is -1.22. The molecule has 3 rings (SSSR count). The SMILES string of the molecule is CC1CC(C)CC(Oc2ccc3c(c2)OCC3O)C1. The molecule has 0 spiro atoms. The van der Waals surface area contributed by atoms with Gasteiger partial charge in [0.15, 0.2) is 0 Å². The first-order chi connectivity index (χ1) is 9.11. The summed E-state index contributed by atoms with van der Waals surface area (Å²) >= 11 is 0. The minimum absolute atomic E-state index is 0.308. The van der Waals surface area contributed by atoms with E-state index in [1.54, 1.807) is 0 Å². The highest BCUT2D eigenvalue weighted by Gasteiger charge is 2.26. The van der Waals surface area contributed by atoms with Crippen molar-refractivity contribution in [1.82, 2.24) is 0 Å². The molecule has 2 aliphatic rings. The van der Waals surface area contributed by atoms with Crippen LogP contribution in [-0.4, -0.2) is 17.8 Å². The van der Waals surface area contributed by atoms with E-state index >= 15 is 0 Å². The molecule has 1 aromatic carbocycles. The van der Waals surface area contributed by atoms with E-state index in [0.29, 0.717) is 12.7 Å². The molecule has 1 N–H and O–H groups in total. The normalized spacial score (nSPS) is 33.6. The van der Waals surface area contributed by atoms with Crippen LogP contribution in [-0.2, 0) is 0 Å². The van der Waals surface area contributed by atoms with E-state index in [2.05, 4.69) is 13.8 Å². The molecule has 3 unspecified atom stereocenters. The van der Waals surface area contributed by atoms with Crippen molar-refractivity contribution in [2.75, 3.05) is 6.61 Å². The number of benzene rings is 1. The molecule has 1 heterocycles. The highest BCUT2D eigenvalue weighted by atomic mass is 16.5. The van der Waals surface area contributed by atoms with Crippen LogP contribution in [0.25, 0.3) is 0 Å². The van der Waals surface area contributed by atoms with Gasteiger partial charge in [0.25, 0.3) is 0 Å². The molecular weight excluding hydrogens is 240 g/mol. The van der Waals surface area contributed by atoms with Crippen LogP contribution in [0.2, 0.25) is 0 Å². The summed E-state index contributed by atoms with van der Waals surface area (Å²) in [5, 5.41) is 9.70. The first kappa shape index (κ1) is 12.8. The lowest BCUT2D eigenvalue weighted by Gasteiger charge is -2.31. The monoisotopic (exact) mass is 262 g/mol. The van der Waals surface area contributed by atoms with Gasteiger partial charge in [0.1, 0.15) is 24.2 Å². The summed E-state index contributed by atoms with van der Waals surface area (Å²) in [6, 6.07) is 5.77. The van der Waals surface area contributed by atoms with Gasteiger partial charge in [-0.1, -0.05) is 13.8 Å². The van der Waals surface area contributed by atoms with Crippen molar-refractivity contribution in [2.24, 2.45) is 11.8 Å². The first-order valence-corrected chi connectivity index (χ1v) is 7.23. The fraction of sp³-hybridized carbons (Fsp3) is 0.625. The third-order valence-electron chi connectivity index (χ3n) is 4.18. The van der Waals surface area contributed by atoms with Crippen LogP contribution in [0.15, 0.2) is 18.2 Å². The van der Waals surface area contributed by atoms with E-state index in [4.69, 9.17) is 9.47 Å². The van der Waals surface area contributed by atoms with Crippen molar-refractivity contribution < 1.29 is 14.6 Å². The Labute approximate surface area is 114 Å². The Morgan fingerprint density at radius 1 is 1.16 bits per heavy atom. The molecule has 3 atom stereocenters. The Balaban J connectivity index is 1.70. The second-order valence-electron chi connectivity index (χ2n) is 6.18. The molecule has 1 aliphatic carbocycles. The Bertz CT molecular complexity index is 447. The van der Waals surface area contributed by atoms with E-state index in [1.165, 1.54) is 6.42 Å². The van der Waals surface area contributed by atoms with Gasteiger partial charge in [-0.25, -0.2) is 0 Å². The molecule has 0 bridgehead atoms. The zero-order chi connectivity index (χ0) is 13.4.